The molecule has 2 unspecified atom stereocenters. The Morgan fingerprint density at radius 2 is 1.94 bits per heavy atom. The standard InChI is InChI=1S/C27H29NO5/c1-3-4-6-10-18(22-13-9-16-33-22)17-19-14-15-21-23(24(19)29)27(31,20-11-7-5-8-12-20)25(32-2)26(30)28-21/h5,7-9,11-17,25,29,31H,3-4,6,10H2,1-2H3,(H,28,30). The van der Waals surface area contributed by atoms with E-state index >= 15 is 0 Å². The van der Waals surface area contributed by atoms with Gasteiger partial charge >= 0.3 is 0 Å². The predicted molar refractivity (Wildman–Crippen MR) is 128 cm³/mol. The second kappa shape index (κ2) is 9.65. The number of phenolic OH excluding ortho intramolecular Hbond substituents is 1. The van der Waals surface area contributed by atoms with Crippen LogP contribution in [-0.4, -0.2) is 29.3 Å². The molecule has 0 spiro atoms. The van der Waals surface area contributed by atoms with E-state index in [1.54, 1.807) is 42.7 Å². The van der Waals surface area contributed by atoms with Crippen LogP contribution in [0, 0.1) is 0 Å². The molecule has 6 nitrogen and oxygen atoms in total. The van der Waals surface area contributed by atoms with Crippen LogP contribution in [0.1, 0.15) is 55.1 Å². The zero-order valence-electron chi connectivity index (χ0n) is 18.9. The van der Waals surface area contributed by atoms with Gasteiger partial charge in [-0.15, -0.1) is 0 Å². The summed E-state index contributed by atoms with van der Waals surface area (Å²) in [5, 5.41) is 26.1. The normalized spacial score (nSPS) is 20.4. The fraction of sp³-hybridized carbons (Fsp3) is 0.296. The fourth-order valence-corrected chi connectivity index (χ4v) is 4.48. The molecule has 2 heterocycles. The Hall–Kier alpha value is -3.35. The molecular formula is C27H29NO5. The summed E-state index contributed by atoms with van der Waals surface area (Å²) in [5.74, 6) is 0.153. The SMILES string of the molecule is CCCCCC(=Cc1ccc2c(c1O)C(O)(c1ccccc1)C(OC)C(=O)N2)c1ccco1. The van der Waals surface area contributed by atoms with E-state index in [4.69, 9.17) is 9.15 Å². The van der Waals surface area contributed by atoms with Crippen LogP contribution in [0.25, 0.3) is 11.6 Å². The molecule has 4 rings (SSSR count). The van der Waals surface area contributed by atoms with E-state index in [1.165, 1.54) is 7.11 Å². The molecule has 0 fully saturated rings. The van der Waals surface area contributed by atoms with Crippen molar-refractivity contribution in [2.45, 2.75) is 44.3 Å². The average molecular weight is 448 g/mol. The smallest absolute Gasteiger partial charge is 0.257 e. The van der Waals surface area contributed by atoms with Crippen molar-refractivity contribution in [2.75, 3.05) is 12.4 Å². The first-order chi connectivity index (χ1) is 16.0. The number of furan rings is 1. The molecule has 1 aromatic heterocycles. The van der Waals surface area contributed by atoms with Gasteiger partial charge in [0.1, 0.15) is 11.5 Å². The van der Waals surface area contributed by atoms with Gasteiger partial charge in [-0.3, -0.25) is 4.79 Å². The average Bonchev–Trinajstić information content (AvgIpc) is 3.35. The lowest BCUT2D eigenvalue weighted by Crippen LogP contribution is -2.52. The highest BCUT2D eigenvalue weighted by Gasteiger charge is 2.51. The summed E-state index contributed by atoms with van der Waals surface area (Å²) in [5.41, 5.74) is 0.626. The molecule has 0 saturated carbocycles. The summed E-state index contributed by atoms with van der Waals surface area (Å²) < 4.78 is 11.1. The third kappa shape index (κ3) is 4.19. The Balaban J connectivity index is 1.87. The van der Waals surface area contributed by atoms with Gasteiger partial charge in [-0.25, -0.2) is 0 Å². The van der Waals surface area contributed by atoms with E-state index in [9.17, 15) is 15.0 Å². The van der Waals surface area contributed by atoms with Crippen LogP contribution >= 0.6 is 0 Å². The number of hydrogen-bond acceptors (Lipinski definition) is 5. The van der Waals surface area contributed by atoms with Gasteiger partial charge < -0.3 is 24.7 Å². The highest BCUT2D eigenvalue weighted by molar-refractivity contribution is 6.01. The van der Waals surface area contributed by atoms with Gasteiger partial charge in [0.15, 0.2) is 11.7 Å². The molecule has 0 saturated heterocycles. The largest absolute Gasteiger partial charge is 0.507 e. The minimum atomic E-state index is -1.87. The number of aliphatic hydroxyl groups is 1. The predicted octanol–water partition coefficient (Wildman–Crippen LogP) is 5.31. The van der Waals surface area contributed by atoms with Gasteiger partial charge in [-0.05, 0) is 54.3 Å². The van der Waals surface area contributed by atoms with Gasteiger partial charge in [0, 0.05) is 12.7 Å². The number of nitrogens with one attached hydrogen (secondary N) is 1. The van der Waals surface area contributed by atoms with Crippen molar-refractivity contribution >= 4 is 23.2 Å². The van der Waals surface area contributed by atoms with E-state index in [-0.39, 0.29) is 11.3 Å². The van der Waals surface area contributed by atoms with E-state index in [0.717, 1.165) is 37.0 Å². The first kappa shape index (κ1) is 22.8. The summed E-state index contributed by atoms with van der Waals surface area (Å²) in [6, 6.07) is 16.0. The van der Waals surface area contributed by atoms with Gasteiger partial charge in [0.05, 0.1) is 17.5 Å². The van der Waals surface area contributed by atoms with Crippen molar-refractivity contribution in [1.82, 2.24) is 0 Å². The zero-order valence-corrected chi connectivity index (χ0v) is 18.9. The molecule has 2 aromatic carbocycles. The first-order valence-electron chi connectivity index (χ1n) is 11.2. The molecule has 3 aromatic rings. The molecule has 1 amide bonds. The number of unbranched alkanes of at least 4 members (excludes halogenated alkanes) is 2. The molecule has 6 heteroatoms. The molecule has 33 heavy (non-hydrogen) atoms. The van der Waals surface area contributed by atoms with Gasteiger partial charge in [-0.1, -0.05) is 50.1 Å². The van der Waals surface area contributed by atoms with Gasteiger partial charge in [0.25, 0.3) is 5.91 Å². The van der Waals surface area contributed by atoms with Crippen LogP contribution in [0.15, 0.2) is 65.3 Å². The van der Waals surface area contributed by atoms with Crippen molar-refractivity contribution in [1.29, 1.82) is 0 Å². The Morgan fingerprint density at radius 3 is 2.61 bits per heavy atom. The molecule has 2 atom stereocenters. The number of aromatic hydroxyl groups is 1. The van der Waals surface area contributed by atoms with Crippen molar-refractivity contribution in [3.05, 3.63) is 83.3 Å². The monoisotopic (exact) mass is 447 g/mol. The summed E-state index contributed by atoms with van der Waals surface area (Å²) in [6.45, 7) is 2.15. The number of fused-ring (bicyclic) bond motifs is 1. The van der Waals surface area contributed by atoms with E-state index < -0.39 is 17.6 Å². The summed E-state index contributed by atoms with van der Waals surface area (Å²) in [4.78, 5) is 12.8. The van der Waals surface area contributed by atoms with Crippen LogP contribution in [0.2, 0.25) is 0 Å². The lowest BCUT2D eigenvalue weighted by Gasteiger charge is -2.40. The summed E-state index contributed by atoms with van der Waals surface area (Å²) in [6.07, 6.45) is 6.24. The van der Waals surface area contributed by atoms with Crippen molar-refractivity contribution in [2.24, 2.45) is 0 Å². The number of rotatable bonds is 8. The number of carbonyl (C=O) groups is 1. The molecule has 1 aliphatic heterocycles. The molecule has 1 aliphatic rings. The zero-order chi connectivity index (χ0) is 23.4. The Kier molecular flexibility index (Phi) is 6.67. The molecule has 0 radical (unpaired) electrons. The lowest BCUT2D eigenvalue weighted by atomic mass is 9.76. The maximum atomic E-state index is 12.8. The fourth-order valence-electron chi connectivity index (χ4n) is 4.48. The van der Waals surface area contributed by atoms with E-state index in [0.29, 0.717) is 16.8 Å². The van der Waals surface area contributed by atoms with Crippen molar-refractivity contribution in [3.8, 4) is 5.75 Å². The van der Waals surface area contributed by atoms with Gasteiger partial charge in [0.2, 0.25) is 0 Å². The van der Waals surface area contributed by atoms with Crippen LogP contribution < -0.4 is 5.32 Å². The summed E-state index contributed by atoms with van der Waals surface area (Å²) in [7, 11) is 1.37. The van der Waals surface area contributed by atoms with Crippen molar-refractivity contribution in [3.63, 3.8) is 0 Å². The van der Waals surface area contributed by atoms with Crippen LogP contribution in [-0.2, 0) is 15.1 Å². The Morgan fingerprint density at radius 1 is 1.15 bits per heavy atom. The number of methoxy groups -OCH3 is 1. The highest BCUT2D eigenvalue weighted by atomic mass is 16.5. The number of amides is 1. The minimum Gasteiger partial charge on any atom is -0.507 e. The second-order valence-electron chi connectivity index (χ2n) is 8.27. The van der Waals surface area contributed by atoms with Crippen LogP contribution in [0.5, 0.6) is 5.75 Å². The highest BCUT2D eigenvalue weighted by Crippen LogP contribution is 2.48. The van der Waals surface area contributed by atoms with E-state index in [1.807, 2.05) is 24.3 Å². The van der Waals surface area contributed by atoms with Crippen LogP contribution in [0.3, 0.4) is 0 Å². The number of allylic oxidation sites excluding steroid dienone is 1. The molecular weight excluding hydrogens is 418 g/mol. The number of hydrogen-bond donors (Lipinski definition) is 3. The number of phenols is 1. The molecule has 0 aliphatic carbocycles. The molecule has 3 N–H and O–H groups in total. The minimum absolute atomic E-state index is 0.111. The maximum Gasteiger partial charge on any atom is 0.257 e. The van der Waals surface area contributed by atoms with E-state index in [2.05, 4.69) is 12.2 Å². The Bertz CT molecular complexity index is 1140. The third-order valence-electron chi connectivity index (χ3n) is 6.13. The Labute approximate surface area is 193 Å². The first-order valence-corrected chi connectivity index (χ1v) is 11.2. The molecule has 0 bridgehead atoms. The molecule has 172 valence electrons. The number of benzene rings is 2. The summed E-state index contributed by atoms with van der Waals surface area (Å²) >= 11 is 0. The second-order valence-corrected chi connectivity index (χ2v) is 8.27. The number of carbonyl (C=O) groups excluding carboxylic acids is 1. The van der Waals surface area contributed by atoms with Crippen LogP contribution in [0.4, 0.5) is 5.69 Å². The number of ether oxygens (including phenoxy) is 1. The quantitative estimate of drug-likeness (QED) is 0.407. The topological polar surface area (TPSA) is 91.9 Å². The maximum absolute atomic E-state index is 12.8. The number of anilines is 1. The van der Waals surface area contributed by atoms with Crippen molar-refractivity contribution < 1.29 is 24.2 Å². The third-order valence-corrected chi connectivity index (χ3v) is 6.13. The van der Waals surface area contributed by atoms with Gasteiger partial charge in [-0.2, -0.15) is 0 Å². The lowest BCUT2D eigenvalue weighted by molar-refractivity contribution is -0.142.